The van der Waals surface area contributed by atoms with Gasteiger partial charge in [0.05, 0.1) is 23.9 Å². The molecule has 0 unspecified atom stereocenters. The largest absolute Gasteiger partial charge is 0.389 e. The first-order chi connectivity index (χ1) is 9.97. The van der Waals surface area contributed by atoms with Crippen LogP contribution in [0.4, 0.5) is 11.5 Å². The highest BCUT2D eigenvalue weighted by Gasteiger charge is 2.12. The van der Waals surface area contributed by atoms with Gasteiger partial charge in [0.2, 0.25) is 5.91 Å². The lowest BCUT2D eigenvalue weighted by Gasteiger charge is -2.10. The first-order valence-electron chi connectivity index (χ1n) is 6.51. The van der Waals surface area contributed by atoms with E-state index < -0.39 is 4.92 Å². The average Bonchev–Trinajstić information content (AvgIpc) is 2.90. The lowest BCUT2D eigenvalue weighted by atomic mass is 10.1. The second-order valence-corrected chi connectivity index (χ2v) is 4.76. The molecule has 1 amide bonds. The van der Waals surface area contributed by atoms with Gasteiger partial charge in [-0.05, 0) is 29.9 Å². The van der Waals surface area contributed by atoms with E-state index in [0.717, 1.165) is 16.8 Å². The summed E-state index contributed by atoms with van der Waals surface area (Å²) in [5, 5.41) is 17.1. The van der Waals surface area contributed by atoms with Gasteiger partial charge in [-0.2, -0.15) is 4.68 Å². The van der Waals surface area contributed by atoms with E-state index in [9.17, 15) is 14.9 Å². The van der Waals surface area contributed by atoms with E-state index in [1.807, 2.05) is 32.0 Å². The fraction of sp³-hybridized carbons (Fsp3) is 0.286. The highest BCUT2D eigenvalue weighted by molar-refractivity contribution is 5.92. The van der Waals surface area contributed by atoms with E-state index in [2.05, 4.69) is 10.4 Å². The lowest BCUT2D eigenvalue weighted by molar-refractivity contribution is -0.389. The van der Waals surface area contributed by atoms with E-state index >= 15 is 0 Å². The predicted molar refractivity (Wildman–Crippen MR) is 78.0 cm³/mol. The Bertz CT molecular complexity index is 658. The van der Waals surface area contributed by atoms with Crippen LogP contribution in [0.1, 0.15) is 17.5 Å². The predicted octanol–water partition coefficient (Wildman–Crippen LogP) is 2.44. The molecule has 0 saturated carbocycles. The number of nitrogens with one attached hydrogen (secondary N) is 1. The van der Waals surface area contributed by atoms with Crippen molar-refractivity contribution in [2.75, 3.05) is 5.32 Å². The van der Waals surface area contributed by atoms with E-state index in [4.69, 9.17) is 0 Å². The molecule has 0 aliphatic carbocycles. The summed E-state index contributed by atoms with van der Waals surface area (Å²) in [6.45, 7) is 4.16. The Balaban J connectivity index is 1.94. The monoisotopic (exact) mass is 288 g/mol. The van der Waals surface area contributed by atoms with Crippen LogP contribution in [0, 0.1) is 24.0 Å². The molecule has 0 atom stereocenters. The van der Waals surface area contributed by atoms with Crippen molar-refractivity contribution in [3.8, 4) is 0 Å². The van der Waals surface area contributed by atoms with E-state index in [-0.39, 0.29) is 18.1 Å². The number of hydrogen-bond acceptors (Lipinski definition) is 4. The second-order valence-electron chi connectivity index (χ2n) is 4.76. The van der Waals surface area contributed by atoms with Gasteiger partial charge in [-0.3, -0.25) is 4.79 Å². The minimum Gasteiger partial charge on any atom is -0.358 e. The first-order valence-corrected chi connectivity index (χ1v) is 6.51. The highest BCUT2D eigenvalue weighted by atomic mass is 16.6. The van der Waals surface area contributed by atoms with Gasteiger partial charge in [-0.25, -0.2) is 0 Å². The number of carbonyl (C=O) groups excluding carboxylic acids is 1. The molecule has 1 heterocycles. The maximum atomic E-state index is 11.9. The Labute approximate surface area is 121 Å². The molecule has 0 radical (unpaired) electrons. The lowest BCUT2D eigenvalue weighted by Crippen LogP contribution is -2.16. The van der Waals surface area contributed by atoms with Crippen molar-refractivity contribution in [2.45, 2.75) is 26.8 Å². The third kappa shape index (κ3) is 3.65. The number of nitrogens with zero attached hydrogens (tertiary/aromatic N) is 3. The number of benzene rings is 1. The van der Waals surface area contributed by atoms with Crippen molar-refractivity contribution in [1.29, 1.82) is 0 Å². The van der Waals surface area contributed by atoms with Crippen molar-refractivity contribution in [3.63, 3.8) is 0 Å². The molecule has 21 heavy (non-hydrogen) atoms. The Hall–Kier alpha value is -2.70. The number of carbonyl (C=O) groups is 1. The van der Waals surface area contributed by atoms with Crippen molar-refractivity contribution in [1.82, 2.24) is 9.78 Å². The van der Waals surface area contributed by atoms with Gasteiger partial charge in [0.1, 0.15) is 0 Å². The normalized spacial score (nSPS) is 10.4. The summed E-state index contributed by atoms with van der Waals surface area (Å²) < 4.78 is 1.39. The van der Waals surface area contributed by atoms with Crippen LogP contribution in [0.2, 0.25) is 0 Å². The molecule has 0 aliphatic rings. The number of nitro groups is 1. The highest BCUT2D eigenvalue weighted by Crippen LogP contribution is 2.19. The van der Waals surface area contributed by atoms with Crippen LogP contribution in [0.3, 0.4) is 0 Å². The summed E-state index contributed by atoms with van der Waals surface area (Å²) in [5.74, 6) is -0.365. The van der Waals surface area contributed by atoms with Gasteiger partial charge in [-0.1, -0.05) is 18.2 Å². The second kappa shape index (κ2) is 6.17. The summed E-state index contributed by atoms with van der Waals surface area (Å²) in [7, 11) is 0. The van der Waals surface area contributed by atoms with Crippen LogP contribution in [0.25, 0.3) is 0 Å². The number of rotatable bonds is 5. The molecule has 0 bridgehead atoms. The number of anilines is 1. The van der Waals surface area contributed by atoms with Crippen LogP contribution in [-0.2, 0) is 11.3 Å². The number of amides is 1. The zero-order valence-corrected chi connectivity index (χ0v) is 11.9. The molecular formula is C14H16N4O3. The standard InChI is InChI=1S/C14H16N4O3/c1-10-4-3-5-11(2)14(10)15-13(19)7-9-17-8-6-12(16-17)18(20)21/h3-6,8H,7,9H2,1-2H3,(H,15,19). The fourth-order valence-electron chi connectivity index (χ4n) is 2.00. The number of para-hydroxylation sites is 1. The van der Waals surface area contributed by atoms with E-state index in [0.29, 0.717) is 6.54 Å². The van der Waals surface area contributed by atoms with Crippen molar-refractivity contribution >= 4 is 17.4 Å². The van der Waals surface area contributed by atoms with Crippen LogP contribution in [0.15, 0.2) is 30.5 Å². The Morgan fingerprint density at radius 1 is 1.33 bits per heavy atom. The van der Waals surface area contributed by atoms with Gasteiger partial charge in [0, 0.05) is 12.1 Å². The topological polar surface area (TPSA) is 90.1 Å². The molecule has 0 aliphatic heterocycles. The van der Waals surface area contributed by atoms with Gasteiger partial charge in [0.15, 0.2) is 0 Å². The molecule has 1 aromatic heterocycles. The first kappa shape index (κ1) is 14.7. The molecule has 2 aromatic rings. The van der Waals surface area contributed by atoms with Crippen molar-refractivity contribution in [2.24, 2.45) is 0 Å². The number of hydrogen-bond donors (Lipinski definition) is 1. The quantitative estimate of drug-likeness (QED) is 0.675. The van der Waals surface area contributed by atoms with Crippen LogP contribution in [-0.4, -0.2) is 20.6 Å². The van der Waals surface area contributed by atoms with Gasteiger partial charge < -0.3 is 15.4 Å². The molecule has 0 spiro atoms. The fourth-order valence-corrected chi connectivity index (χ4v) is 2.00. The Morgan fingerprint density at radius 2 is 2.00 bits per heavy atom. The Morgan fingerprint density at radius 3 is 2.57 bits per heavy atom. The summed E-state index contributed by atoms with van der Waals surface area (Å²) in [6, 6.07) is 7.10. The minimum absolute atomic E-state index is 0.148. The van der Waals surface area contributed by atoms with Crippen LogP contribution >= 0.6 is 0 Å². The zero-order valence-electron chi connectivity index (χ0n) is 11.9. The van der Waals surface area contributed by atoms with Crippen molar-refractivity contribution in [3.05, 3.63) is 51.7 Å². The maximum Gasteiger partial charge on any atom is 0.389 e. The maximum absolute atomic E-state index is 11.9. The van der Waals surface area contributed by atoms with E-state index in [1.165, 1.54) is 16.9 Å². The van der Waals surface area contributed by atoms with Crippen LogP contribution in [0.5, 0.6) is 0 Å². The molecule has 0 saturated heterocycles. The van der Waals surface area contributed by atoms with E-state index in [1.54, 1.807) is 0 Å². The molecular weight excluding hydrogens is 272 g/mol. The summed E-state index contributed by atoms with van der Waals surface area (Å²) in [4.78, 5) is 21.9. The molecule has 1 aromatic carbocycles. The average molecular weight is 288 g/mol. The molecule has 7 nitrogen and oxygen atoms in total. The molecule has 7 heteroatoms. The van der Waals surface area contributed by atoms with Gasteiger partial charge in [-0.15, -0.1) is 0 Å². The van der Waals surface area contributed by atoms with Gasteiger partial charge in [0.25, 0.3) is 0 Å². The zero-order chi connectivity index (χ0) is 15.4. The van der Waals surface area contributed by atoms with Gasteiger partial charge >= 0.3 is 5.82 Å². The molecule has 110 valence electrons. The molecule has 2 rings (SSSR count). The molecule has 1 N–H and O–H groups in total. The Kier molecular flexibility index (Phi) is 4.32. The third-order valence-electron chi connectivity index (χ3n) is 3.13. The summed E-state index contributed by atoms with van der Waals surface area (Å²) in [5.41, 5.74) is 2.81. The molecule has 0 fully saturated rings. The SMILES string of the molecule is Cc1cccc(C)c1NC(=O)CCn1ccc([N+](=O)[O-])n1. The number of aryl methyl sites for hydroxylation is 3. The smallest absolute Gasteiger partial charge is 0.358 e. The van der Waals surface area contributed by atoms with Crippen molar-refractivity contribution < 1.29 is 9.72 Å². The summed E-state index contributed by atoms with van der Waals surface area (Å²) >= 11 is 0. The minimum atomic E-state index is -0.562. The number of aromatic nitrogens is 2. The summed E-state index contributed by atoms with van der Waals surface area (Å²) in [6.07, 6.45) is 1.69. The van der Waals surface area contributed by atoms with Crippen LogP contribution < -0.4 is 5.32 Å². The third-order valence-corrected chi connectivity index (χ3v) is 3.13.